The van der Waals surface area contributed by atoms with Crippen LogP contribution in [0.3, 0.4) is 0 Å². The smallest absolute Gasteiger partial charge is 0.303 e. The van der Waals surface area contributed by atoms with Gasteiger partial charge >= 0.3 is 11.9 Å². The second-order valence-corrected chi connectivity index (χ2v) is 9.04. The first-order valence-electron chi connectivity index (χ1n) is 11.1. The highest BCUT2D eigenvalue weighted by Gasteiger charge is 2.40. The number of hydrogen-bond donors (Lipinski definition) is 0. The molecule has 1 aliphatic heterocycles. The third-order valence-corrected chi connectivity index (χ3v) is 5.88. The van der Waals surface area contributed by atoms with Crippen molar-refractivity contribution in [1.82, 2.24) is 0 Å². The molecule has 1 heterocycles. The molecule has 0 N–H and O–H groups in total. The summed E-state index contributed by atoms with van der Waals surface area (Å²) in [5, 5.41) is 0. The Morgan fingerprint density at radius 2 is 1.83 bits per heavy atom. The predicted molar refractivity (Wildman–Crippen MR) is 116 cm³/mol. The Labute approximate surface area is 181 Å². The fourth-order valence-corrected chi connectivity index (χ4v) is 3.82. The van der Waals surface area contributed by atoms with Gasteiger partial charge in [0, 0.05) is 26.2 Å². The minimum atomic E-state index is -0.579. The van der Waals surface area contributed by atoms with Crippen molar-refractivity contribution in [2.24, 2.45) is 11.8 Å². The molecular weight excluding hydrogens is 384 g/mol. The lowest BCUT2D eigenvalue weighted by Gasteiger charge is -2.35. The topological polar surface area (TPSA) is 78.9 Å². The Hall–Kier alpha value is -1.69. The molecule has 1 aliphatic rings. The molecule has 6 nitrogen and oxygen atoms in total. The van der Waals surface area contributed by atoms with Gasteiger partial charge in [0.15, 0.2) is 0 Å². The molecule has 172 valence electrons. The lowest BCUT2D eigenvalue weighted by molar-refractivity contribution is -0.169. The van der Waals surface area contributed by atoms with Gasteiger partial charge in [0.05, 0.1) is 13.2 Å². The number of carbonyl (C=O) groups is 3. The van der Waals surface area contributed by atoms with Crippen LogP contribution in [0.2, 0.25) is 0 Å². The summed E-state index contributed by atoms with van der Waals surface area (Å²) in [5.41, 5.74) is 0.576. The molecule has 0 radical (unpaired) electrons. The van der Waals surface area contributed by atoms with Gasteiger partial charge in [0.2, 0.25) is 0 Å². The molecule has 1 fully saturated rings. The maximum atomic E-state index is 12.3. The van der Waals surface area contributed by atoms with Crippen LogP contribution < -0.4 is 0 Å². The van der Waals surface area contributed by atoms with Gasteiger partial charge in [-0.15, -0.1) is 0 Å². The van der Waals surface area contributed by atoms with E-state index in [1.54, 1.807) is 0 Å². The van der Waals surface area contributed by atoms with E-state index >= 15 is 0 Å². The molecular formula is C24H40O6. The highest BCUT2D eigenvalue weighted by molar-refractivity contribution is 5.82. The second-order valence-electron chi connectivity index (χ2n) is 9.04. The Morgan fingerprint density at radius 1 is 1.13 bits per heavy atom. The number of hydrogen-bond acceptors (Lipinski definition) is 6. The summed E-state index contributed by atoms with van der Waals surface area (Å²) in [6, 6.07) is 0. The fraction of sp³-hybridized carbons (Fsp3) is 0.792. The highest BCUT2D eigenvalue weighted by Crippen LogP contribution is 2.35. The summed E-state index contributed by atoms with van der Waals surface area (Å²) < 4.78 is 17.0. The van der Waals surface area contributed by atoms with Crippen LogP contribution in [0.15, 0.2) is 11.6 Å². The summed E-state index contributed by atoms with van der Waals surface area (Å²) in [6.45, 7) is 11.7. The van der Waals surface area contributed by atoms with Crippen LogP contribution in [0, 0.1) is 11.8 Å². The maximum absolute atomic E-state index is 12.3. The molecule has 1 saturated heterocycles. The van der Waals surface area contributed by atoms with Gasteiger partial charge in [-0.3, -0.25) is 14.4 Å². The van der Waals surface area contributed by atoms with Crippen LogP contribution in [-0.4, -0.2) is 42.6 Å². The molecule has 0 saturated carbocycles. The van der Waals surface area contributed by atoms with Gasteiger partial charge in [-0.1, -0.05) is 18.6 Å². The van der Waals surface area contributed by atoms with Crippen molar-refractivity contribution < 1.29 is 28.6 Å². The molecule has 30 heavy (non-hydrogen) atoms. The van der Waals surface area contributed by atoms with Crippen molar-refractivity contribution >= 4 is 17.7 Å². The van der Waals surface area contributed by atoms with E-state index in [2.05, 4.69) is 0 Å². The summed E-state index contributed by atoms with van der Waals surface area (Å²) in [6.07, 6.45) is 6.79. The van der Waals surface area contributed by atoms with Crippen LogP contribution in [0.1, 0.15) is 86.5 Å². The average molecular weight is 425 g/mol. The zero-order valence-electron chi connectivity index (χ0n) is 19.6. The van der Waals surface area contributed by atoms with Crippen LogP contribution >= 0.6 is 0 Å². The minimum absolute atomic E-state index is 0.00127. The zero-order chi connectivity index (χ0) is 22.7. The lowest BCUT2D eigenvalue weighted by Crippen LogP contribution is -2.44. The lowest BCUT2D eigenvalue weighted by atomic mass is 9.87. The summed E-state index contributed by atoms with van der Waals surface area (Å²) in [4.78, 5) is 34.9. The largest absolute Gasteiger partial charge is 0.466 e. The van der Waals surface area contributed by atoms with Gasteiger partial charge < -0.3 is 14.2 Å². The fourth-order valence-electron chi connectivity index (χ4n) is 3.82. The van der Waals surface area contributed by atoms with Gasteiger partial charge in [-0.2, -0.15) is 0 Å². The zero-order valence-corrected chi connectivity index (χ0v) is 19.6. The molecule has 0 aliphatic carbocycles. The number of esters is 2. The molecule has 1 rings (SSSR count). The summed E-state index contributed by atoms with van der Waals surface area (Å²) in [7, 11) is 0. The molecule has 0 aromatic carbocycles. The number of allylic oxidation sites excluding steroid dienone is 2. The number of rotatable bonds is 11. The van der Waals surface area contributed by atoms with E-state index in [1.807, 2.05) is 33.8 Å². The number of Topliss-reactive ketones (excluding diaryl/α,β-unsaturated/α-hetero) is 1. The second kappa shape index (κ2) is 12.9. The van der Waals surface area contributed by atoms with E-state index in [9.17, 15) is 14.4 Å². The van der Waals surface area contributed by atoms with Crippen molar-refractivity contribution in [2.45, 2.75) is 98.2 Å². The van der Waals surface area contributed by atoms with Gasteiger partial charge in [0.1, 0.15) is 17.5 Å². The van der Waals surface area contributed by atoms with E-state index in [0.717, 1.165) is 44.1 Å². The standard InChI is InChI=1S/C24H40O6/c1-17(2)9-11-22(27)18(3)8-7-14-24(6)23(30-20(5)26)12-10-21(16-29-24)13-15-28-19(4)25/h9,18,21,23H,7-8,10-16H2,1-6H3/t18?,21?,23-,24?/m1/s1. The molecule has 4 atom stereocenters. The average Bonchev–Trinajstić information content (AvgIpc) is 2.79. The van der Waals surface area contributed by atoms with Crippen molar-refractivity contribution in [3.8, 4) is 0 Å². The molecule has 3 unspecified atom stereocenters. The van der Waals surface area contributed by atoms with Crippen molar-refractivity contribution in [2.75, 3.05) is 13.2 Å². The quantitative estimate of drug-likeness (QED) is 0.350. The number of ketones is 1. The Bertz CT molecular complexity index is 607. The Kier molecular flexibility index (Phi) is 11.3. The first kappa shape index (κ1) is 26.3. The van der Waals surface area contributed by atoms with E-state index in [-0.39, 0.29) is 35.7 Å². The molecule has 0 aromatic rings. The number of carbonyl (C=O) groups excluding carboxylic acids is 3. The summed E-state index contributed by atoms with van der Waals surface area (Å²) >= 11 is 0. The van der Waals surface area contributed by atoms with Crippen LogP contribution in [0.4, 0.5) is 0 Å². The first-order valence-corrected chi connectivity index (χ1v) is 11.1. The van der Waals surface area contributed by atoms with Gasteiger partial charge in [0.25, 0.3) is 0 Å². The monoisotopic (exact) mass is 424 g/mol. The Balaban J connectivity index is 2.65. The van der Waals surface area contributed by atoms with E-state index < -0.39 is 5.60 Å². The minimum Gasteiger partial charge on any atom is -0.466 e. The first-order chi connectivity index (χ1) is 14.0. The Morgan fingerprint density at radius 3 is 2.43 bits per heavy atom. The molecule has 0 aromatic heterocycles. The summed E-state index contributed by atoms with van der Waals surface area (Å²) in [5.74, 6) is -0.0727. The van der Waals surface area contributed by atoms with Crippen LogP contribution in [-0.2, 0) is 28.6 Å². The molecule has 0 bridgehead atoms. The maximum Gasteiger partial charge on any atom is 0.303 e. The van der Waals surface area contributed by atoms with Crippen molar-refractivity contribution in [1.29, 1.82) is 0 Å². The van der Waals surface area contributed by atoms with Gasteiger partial charge in [-0.25, -0.2) is 0 Å². The van der Waals surface area contributed by atoms with E-state index in [4.69, 9.17) is 14.2 Å². The van der Waals surface area contributed by atoms with E-state index in [1.165, 1.54) is 13.8 Å². The highest BCUT2D eigenvalue weighted by atomic mass is 16.6. The van der Waals surface area contributed by atoms with E-state index in [0.29, 0.717) is 19.6 Å². The normalized spacial score (nSPS) is 25.0. The third kappa shape index (κ3) is 9.88. The molecule has 6 heteroatoms. The molecule has 0 amide bonds. The van der Waals surface area contributed by atoms with Crippen molar-refractivity contribution in [3.63, 3.8) is 0 Å². The van der Waals surface area contributed by atoms with Gasteiger partial charge in [-0.05, 0) is 65.2 Å². The SMILES string of the molecule is CC(=O)OCCC1CC[C@@H](OC(C)=O)C(C)(CCCC(C)C(=O)CC=C(C)C)OC1. The van der Waals surface area contributed by atoms with Crippen LogP contribution in [0.25, 0.3) is 0 Å². The molecule has 0 spiro atoms. The van der Waals surface area contributed by atoms with Crippen molar-refractivity contribution in [3.05, 3.63) is 11.6 Å². The van der Waals surface area contributed by atoms with Crippen LogP contribution in [0.5, 0.6) is 0 Å². The predicted octanol–water partition coefficient (Wildman–Crippen LogP) is 4.79. The third-order valence-electron chi connectivity index (χ3n) is 5.88. The number of ether oxygens (including phenoxy) is 3.